The molecule has 0 radical (unpaired) electrons. The van der Waals surface area contributed by atoms with E-state index in [1.807, 2.05) is 42.5 Å². The number of hydrogen-bond acceptors (Lipinski definition) is 4. The van der Waals surface area contributed by atoms with Gasteiger partial charge in [-0.15, -0.1) is 0 Å². The average Bonchev–Trinajstić information content (AvgIpc) is 3.64. The van der Waals surface area contributed by atoms with Crippen molar-refractivity contribution in [3.8, 4) is 56.4 Å². The summed E-state index contributed by atoms with van der Waals surface area (Å²) in [6.07, 6.45) is 0. The number of nitrogens with zero attached hydrogens (tertiary/aromatic N) is 3. The summed E-state index contributed by atoms with van der Waals surface area (Å²) in [5.74, 6) is 1.90. The van der Waals surface area contributed by atoms with E-state index in [0.717, 1.165) is 77.0 Å². The molecular weight excluding hydrogens is 671 g/mol. The van der Waals surface area contributed by atoms with E-state index in [9.17, 15) is 0 Å². The zero-order valence-electron chi connectivity index (χ0n) is 29.6. The third-order valence-corrected chi connectivity index (χ3v) is 10.7. The van der Waals surface area contributed by atoms with Gasteiger partial charge in [0.2, 0.25) is 0 Å². The van der Waals surface area contributed by atoms with Crippen molar-refractivity contribution in [2.45, 2.75) is 0 Å². The first-order valence-corrected chi connectivity index (χ1v) is 18.5. The molecular formula is C51H31N3O. The number of fused-ring (bicyclic) bond motifs is 6. The van der Waals surface area contributed by atoms with Crippen LogP contribution in [-0.2, 0) is 0 Å². The van der Waals surface area contributed by atoms with Crippen LogP contribution in [-0.4, -0.2) is 15.0 Å². The second-order valence-corrected chi connectivity index (χ2v) is 14.0. The zero-order chi connectivity index (χ0) is 36.3. The fourth-order valence-electron chi connectivity index (χ4n) is 8.00. The van der Waals surface area contributed by atoms with Gasteiger partial charge in [0.05, 0.1) is 0 Å². The second kappa shape index (κ2) is 12.6. The lowest BCUT2D eigenvalue weighted by Crippen LogP contribution is -2.01. The first kappa shape index (κ1) is 31.1. The molecule has 55 heavy (non-hydrogen) atoms. The van der Waals surface area contributed by atoms with Crippen molar-refractivity contribution >= 4 is 54.3 Å². The smallest absolute Gasteiger partial charge is 0.164 e. The quantitative estimate of drug-likeness (QED) is 0.179. The largest absolute Gasteiger partial charge is 0.456 e. The number of hydrogen-bond donors (Lipinski definition) is 0. The molecule has 0 aliphatic rings. The van der Waals surface area contributed by atoms with Crippen LogP contribution in [0.15, 0.2) is 192 Å². The first-order valence-electron chi connectivity index (χ1n) is 18.5. The predicted octanol–water partition coefficient (Wildman–Crippen LogP) is 13.6. The van der Waals surface area contributed by atoms with Crippen molar-refractivity contribution in [2.75, 3.05) is 0 Å². The maximum absolute atomic E-state index is 6.58. The molecule has 0 saturated carbocycles. The summed E-state index contributed by atoms with van der Waals surface area (Å²) in [7, 11) is 0. The van der Waals surface area contributed by atoms with Crippen molar-refractivity contribution in [1.29, 1.82) is 0 Å². The van der Waals surface area contributed by atoms with Gasteiger partial charge < -0.3 is 4.42 Å². The van der Waals surface area contributed by atoms with Gasteiger partial charge in [-0.25, -0.2) is 15.0 Å². The number of benzene rings is 9. The van der Waals surface area contributed by atoms with Gasteiger partial charge >= 0.3 is 0 Å². The molecule has 0 saturated heterocycles. The Balaban J connectivity index is 1.14. The van der Waals surface area contributed by atoms with E-state index in [-0.39, 0.29) is 0 Å². The van der Waals surface area contributed by atoms with Crippen LogP contribution >= 0.6 is 0 Å². The lowest BCUT2D eigenvalue weighted by molar-refractivity contribution is 0.669. The van der Waals surface area contributed by atoms with E-state index in [4.69, 9.17) is 19.4 Å². The molecule has 0 unspecified atom stereocenters. The monoisotopic (exact) mass is 701 g/mol. The van der Waals surface area contributed by atoms with Crippen LogP contribution in [0, 0.1) is 0 Å². The van der Waals surface area contributed by atoms with Crippen LogP contribution in [0.25, 0.3) is 111 Å². The molecule has 4 nitrogen and oxygen atoms in total. The fourth-order valence-corrected chi connectivity index (χ4v) is 8.00. The van der Waals surface area contributed by atoms with Crippen LogP contribution in [0.1, 0.15) is 0 Å². The summed E-state index contributed by atoms with van der Waals surface area (Å²) in [6.45, 7) is 0. The van der Waals surface area contributed by atoms with E-state index < -0.39 is 0 Å². The molecule has 4 heteroatoms. The zero-order valence-corrected chi connectivity index (χ0v) is 29.6. The van der Waals surface area contributed by atoms with Crippen LogP contribution in [0.3, 0.4) is 0 Å². The van der Waals surface area contributed by atoms with E-state index in [1.165, 1.54) is 16.2 Å². The Morgan fingerprint density at radius 2 is 0.836 bits per heavy atom. The van der Waals surface area contributed by atoms with Gasteiger partial charge in [-0.2, -0.15) is 0 Å². The number of rotatable bonds is 5. The maximum atomic E-state index is 6.58. The molecule has 256 valence electrons. The van der Waals surface area contributed by atoms with Gasteiger partial charge in [0.15, 0.2) is 17.5 Å². The minimum atomic E-state index is 0.628. The highest BCUT2D eigenvalue weighted by Crippen LogP contribution is 2.44. The summed E-state index contributed by atoms with van der Waals surface area (Å²) >= 11 is 0. The van der Waals surface area contributed by atoms with Gasteiger partial charge in [-0.05, 0) is 91.0 Å². The van der Waals surface area contributed by atoms with Crippen LogP contribution < -0.4 is 0 Å². The van der Waals surface area contributed by atoms with E-state index >= 15 is 0 Å². The number of para-hydroxylation sites is 1. The molecule has 0 aliphatic heterocycles. The maximum Gasteiger partial charge on any atom is 0.164 e. The average molecular weight is 702 g/mol. The van der Waals surface area contributed by atoms with Crippen LogP contribution in [0.5, 0.6) is 0 Å². The third kappa shape index (κ3) is 5.34. The third-order valence-electron chi connectivity index (χ3n) is 10.7. The summed E-state index contributed by atoms with van der Waals surface area (Å²) in [4.78, 5) is 15.4. The Bertz CT molecular complexity index is 3270. The molecule has 0 amide bonds. The van der Waals surface area contributed by atoms with Crippen molar-refractivity contribution in [3.63, 3.8) is 0 Å². The normalized spacial score (nSPS) is 11.6. The Hall–Kier alpha value is -7.43. The minimum absolute atomic E-state index is 0.628. The van der Waals surface area contributed by atoms with Crippen molar-refractivity contribution in [2.24, 2.45) is 0 Å². The van der Waals surface area contributed by atoms with Crippen LogP contribution in [0.2, 0.25) is 0 Å². The van der Waals surface area contributed by atoms with E-state index in [1.54, 1.807) is 0 Å². The molecule has 0 spiro atoms. The highest BCUT2D eigenvalue weighted by molar-refractivity contribution is 6.17. The Morgan fingerprint density at radius 3 is 1.58 bits per heavy atom. The molecule has 2 aromatic heterocycles. The molecule has 2 heterocycles. The van der Waals surface area contributed by atoms with E-state index in [2.05, 4.69) is 146 Å². The molecule has 11 rings (SSSR count). The Labute approximate surface area is 317 Å². The SMILES string of the molecule is c1ccc(-c2nc(-c3ccc4ccccc4c3)nc(-c3ccc(-c4cc(-c5ccc6ccccc6c5)cc5oc6ccccc6c45)c4ccccc34)n2)cc1. The highest BCUT2D eigenvalue weighted by Gasteiger charge is 2.20. The molecule has 0 aliphatic carbocycles. The number of furan rings is 1. The molecule has 0 atom stereocenters. The standard InChI is InChI=1S/C51H31N3O/c1-2-14-34(15-3-1)49-52-50(38-25-23-33-13-5-7-17-36(33)29-38)54-51(53-49)43-27-26-42(40-18-8-9-19-41(40)43)45-30-39(37-24-22-32-12-4-6-16-35(32)28-37)31-47-48(45)44-20-10-11-21-46(44)55-47/h1-31H. The van der Waals surface area contributed by atoms with E-state index in [0.29, 0.717) is 17.5 Å². The van der Waals surface area contributed by atoms with Gasteiger partial charge in [0, 0.05) is 27.5 Å². The van der Waals surface area contributed by atoms with Crippen molar-refractivity contribution in [3.05, 3.63) is 188 Å². The molecule has 0 N–H and O–H groups in total. The summed E-state index contributed by atoms with van der Waals surface area (Å²) in [6, 6.07) is 65.9. The highest BCUT2D eigenvalue weighted by atomic mass is 16.3. The minimum Gasteiger partial charge on any atom is -0.456 e. The second-order valence-electron chi connectivity index (χ2n) is 14.0. The van der Waals surface area contributed by atoms with Gasteiger partial charge in [-0.1, -0.05) is 152 Å². The van der Waals surface area contributed by atoms with Gasteiger partial charge in [0.1, 0.15) is 11.2 Å². The Kier molecular flexibility index (Phi) is 7.14. The summed E-state index contributed by atoms with van der Waals surface area (Å²) < 4.78 is 6.58. The Morgan fingerprint density at radius 1 is 0.291 bits per heavy atom. The number of aromatic nitrogens is 3. The van der Waals surface area contributed by atoms with Crippen molar-refractivity contribution < 1.29 is 4.42 Å². The topological polar surface area (TPSA) is 51.8 Å². The first-order chi connectivity index (χ1) is 27.2. The molecule has 0 fully saturated rings. The lowest BCUT2D eigenvalue weighted by Gasteiger charge is -2.15. The summed E-state index contributed by atoms with van der Waals surface area (Å²) in [5.41, 5.74) is 9.04. The molecule has 0 bridgehead atoms. The molecule has 9 aromatic carbocycles. The van der Waals surface area contributed by atoms with Gasteiger partial charge in [0.25, 0.3) is 0 Å². The lowest BCUT2D eigenvalue weighted by atomic mass is 9.89. The predicted molar refractivity (Wildman–Crippen MR) is 227 cm³/mol. The van der Waals surface area contributed by atoms with Crippen molar-refractivity contribution in [1.82, 2.24) is 15.0 Å². The fraction of sp³-hybridized carbons (Fsp3) is 0. The summed E-state index contributed by atoms with van der Waals surface area (Å²) in [5, 5.41) is 9.10. The van der Waals surface area contributed by atoms with Gasteiger partial charge in [-0.3, -0.25) is 0 Å². The van der Waals surface area contributed by atoms with Crippen LogP contribution in [0.4, 0.5) is 0 Å². The molecule has 11 aromatic rings.